The molecule has 0 aromatic heterocycles. The van der Waals surface area contributed by atoms with Gasteiger partial charge >= 0.3 is 0 Å². The highest BCUT2D eigenvalue weighted by molar-refractivity contribution is 8.00. The molecule has 176 valence electrons. The molecule has 4 aromatic carbocycles. The highest BCUT2D eigenvalue weighted by Crippen LogP contribution is 2.37. The minimum atomic E-state index is -0.585. The number of hydrogen-bond acceptors (Lipinski definition) is 3. The normalized spacial score (nSPS) is 11.5. The zero-order valence-electron chi connectivity index (χ0n) is 18.2. The third-order valence-corrected chi connectivity index (χ3v) is 6.77. The summed E-state index contributed by atoms with van der Waals surface area (Å²) in [6, 6.07) is 26.8. The molecule has 0 fully saturated rings. The average molecular weight is 525 g/mol. The van der Waals surface area contributed by atoms with Crippen molar-refractivity contribution in [3.05, 3.63) is 124 Å². The molecule has 0 heterocycles. The lowest BCUT2D eigenvalue weighted by Gasteiger charge is -2.18. The molecule has 1 unspecified atom stereocenters. The fourth-order valence-corrected chi connectivity index (χ4v) is 4.87. The van der Waals surface area contributed by atoms with Gasteiger partial charge in [0.2, 0.25) is 5.91 Å². The van der Waals surface area contributed by atoms with E-state index >= 15 is 0 Å². The van der Waals surface area contributed by atoms with E-state index in [4.69, 9.17) is 23.2 Å². The standard InChI is InChI=1S/C27H19Cl2FN2O2S/c28-18-9-14-23(24(29)15-18)26(33)32-21-7-4-8-22(16-21)35-25(17-5-2-1-3-6-17)27(34)31-20-12-10-19(30)11-13-20/h1-16,25H,(H,31,34)(H,32,33). The largest absolute Gasteiger partial charge is 0.325 e. The van der Waals surface area contributed by atoms with E-state index in [0.717, 1.165) is 10.5 Å². The van der Waals surface area contributed by atoms with E-state index in [9.17, 15) is 14.0 Å². The highest BCUT2D eigenvalue weighted by Gasteiger charge is 2.22. The van der Waals surface area contributed by atoms with Gasteiger partial charge in [-0.15, -0.1) is 11.8 Å². The number of halogens is 3. The van der Waals surface area contributed by atoms with Crippen LogP contribution in [0.4, 0.5) is 15.8 Å². The first-order chi connectivity index (χ1) is 16.9. The molecule has 4 rings (SSSR count). The Kier molecular flexibility index (Phi) is 8.08. The van der Waals surface area contributed by atoms with E-state index in [1.807, 2.05) is 36.4 Å². The Morgan fingerprint density at radius 3 is 2.23 bits per heavy atom. The smallest absolute Gasteiger partial charge is 0.257 e. The number of hydrogen-bond donors (Lipinski definition) is 2. The first-order valence-electron chi connectivity index (χ1n) is 10.5. The van der Waals surface area contributed by atoms with Crippen LogP contribution in [-0.2, 0) is 4.79 Å². The molecule has 8 heteroatoms. The molecule has 35 heavy (non-hydrogen) atoms. The van der Waals surface area contributed by atoms with Crippen molar-refractivity contribution in [2.45, 2.75) is 10.1 Å². The number of anilines is 2. The monoisotopic (exact) mass is 524 g/mol. The molecule has 2 N–H and O–H groups in total. The van der Waals surface area contributed by atoms with Crippen molar-refractivity contribution >= 4 is 58.2 Å². The Morgan fingerprint density at radius 2 is 1.51 bits per heavy atom. The molecule has 0 saturated heterocycles. The Morgan fingerprint density at radius 1 is 0.771 bits per heavy atom. The summed E-state index contributed by atoms with van der Waals surface area (Å²) in [6.45, 7) is 0. The van der Waals surface area contributed by atoms with Gasteiger partial charge in [0.05, 0.1) is 10.6 Å². The van der Waals surface area contributed by atoms with Crippen LogP contribution >= 0.6 is 35.0 Å². The Balaban J connectivity index is 1.54. The zero-order valence-corrected chi connectivity index (χ0v) is 20.5. The van der Waals surface area contributed by atoms with E-state index in [2.05, 4.69) is 10.6 Å². The first kappa shape index (κ1) is 24.8. The molecule has 0 aliphatic heterocycles. The summed E-state index contributed by atoms with van der Waals surface area (Å²) in [4.78, 5) is 26.7. The summed E-state index contributed by atoms with van der Waals surface area (Å²) in [5.41, 5.74) is 2.16. The van der Waals surface area contributed by atoms with E-state index in [0.29, 0.717) is 22.0 Å². The number of rotatable bonds is 7. The molecule has 0 radical (unpaired) electrons. The number of amides is 2. The summed E-state index contributed by atoms with van der Waals surface area (Å²) in [6.07, 6.45) is 0. The maximum atomic E-state index is 13.3. The molecular formula is C27H19Cl2FN2O2S. The van der Waals surface area contributed by atoms with E-state index in [1.54, 1.807) is 30.3 Å². The van der Waals surface area contributed by atoms with Gasteiger partial charge in [0.1, 0.15) is 11.1 Å². The number of benzene rings is 4. The van der Waals surface area contributed by atoms with Crippen LogP contribution in [0.5, 0.6) is 0 Å². The van der Waals surface area contributed by atoms with Crippen LogP contribution < -0.4 is 10.6 Å². The van der Waals surface area contributed by atoms with Gasteiger partial charge in [0.15, 0.2) is 0 Å². The maximum Gasteiger partial charge on any atom is 0.257 e. The third kappa shape index (κ3) is 6.63. The Labute approximate surface area is 216 Å². The summed E-state index contributed by atoms with van der Waals surface area (Å²) in [5.74, 6) is -1.01. The lowest BCUT2D eigenvalue weighted by atomic mass is 10.1. The van der Waals surface area contributed by atoms with Gasteiger partial charge in [0.25, 0.3) is 5.91 Å². The molecule has 0 aliphatic carbocycles. The van der Waals surface area contributed by atoms with Gasteiger partial charge in [-0.1, -0.05) is 59.6 Å². The van der Waals surface area contributed by atoms with Crippen LogP contribution in [0.2, 0.25) is 10.0 Å². The topological polar surface area (TPSA) is 58.2 Å². The molecule has 1 atom stereocenters. The summed E-state index contributed by atoms with van der Waals surface area (Å²) in [5, 5.41) is 5.78. The van der Waals surface area contributed by atoms with Gasteiger partial charge < -0.3 is 10.6 Å². The molecule has 0 bridgehead atoms. The second-order valence-corrected chi connectivity index (χ2v) is 9.53. The van der Waals surface area contributed by atoms with Crippen molar-refractivity contribution in [2.24, 2.45) is 0 Å². The van der Waals surface area contributed by atoms with Crippen LogP contribution in [0, 0.1) is 5.82 Å². The van der Waals surface area contributed by atoms with E-state index < -0.39 is 5.25 Å². The fraction of sp³-hybridized carbons (Fsp3) is 0.0370. The van der Waals surface area contributed by atoms with Gasteiger partial charge in [-0.3, -0.25) is 9.59 Å². The van der Waals surface area contributed by atoms with Crippen LogP contribution in [0.3, 0.4) is 0 Å². The first-order valence-corrected chi connectivity index (χ1v) is 12.2. The number of nitrogens with one attached hydrogen (secondary N) is 2. The summed E-state index contributed by atoms with van der Waals surface area (Å²) >= 11 is 13.4. The van der Waals surface area contributed by atoms with Crippen molar-refractivity contribution in [2.75, 3.05) is 10.6 Å². The van der Waals surface area contributed by atoms with Crippen LogP contribution in [-0.4, -0.2) is 11.8 Å². The zero-order chi connectivity index (χ0) is 24.8. The second kappa shape index (κ2) is 11.4. The Hall–Kier alpha value is -3.32. The van der Waals surface area contributed by atoms with Gasteiger partial charge in [-0.2, -0.15) is 0 Å². The quantitative estimate of drug-likeness (QED) is 0.242. The van der Waals surface area contributed by atoms with E-state index in [-0.39, 0.29) is 22.7 Å². The fourth-order valence-electron chi connectivity index (χ4n) is 3.30. The van der Waals surface area contributed by atoms with Crippen molar-refractivity contribution in [3.63, 3.8) is 0 Å². The second-order valence-electron chi connectivity index (χ2n) is 7.51. The molecular weight excluding hydrogens is 506 g/mol. The predicted octanol–water partition coefficient (Wildman–Crippen LogP) is 7.86. The molecule has 4 nitrogen and oxygen atoms in total. The number of thioether (sulfide) groups is 1. The van der Waals surface area contributed by atoms with Gasteiger partial charge in [-0.05, 0) is 66.2 Å². The summed E-state index contributed by atoms with van der Waals surface area (Å²) in [7, 11) is 0. The van der Waals surface area contributed by atoms with Crippen molar-refractivity contribution in [1.82, 2.24) is 0 Å². The average Bonchev–Trinajstić information content (AvgIpc) is 2.84. The van der Waals surface area contributed by atoms with Gasteiger partial charge in [-0.25, -0.2) is 4.39 Å². The number of carbonyl (C=O) groups is 2. The van der Waals surface area contributed by atoms with Crippen LogP contribution in [0.1, 0.15) is 21.2 Å². The molecule has 0 saturated carbocycles. The lowest BCUT2D eigenvalue weighted by Crippen LogP contribution is -2.19. The minimum absolute atomic E-state index is 0.252. The predicted molar refractivity (Wildman–Crippen MR) is 141 cm³/mol. The molecule has 0 spiro atoms. The molecule has 2 amide bonds. The lowest BCUT2D eigenvalue weighted by molar-refractivity contribution is -0.115. The van der Waals surface area contributed by atoms with E-state index in [1.165, 1.54) is 42.1 Å². The SMILES string of the molecule is O=C(Nc1cccc(SC(C(=O)Nc2ccc(F)cc2)c2ccccc2)c1)c1ccc(Cl)cc1Cl. The minimum Gasteiger partial charge on any atom is -0.325 e. The van der Waals surface area contributed by atoms with Gasteiger partial charge in [0, 0.05) is 21.3 Å². The van der Waals surface area contributed by atoms with Crippen LogP contribution in [0.15, 0.2) is 102 Å². The highest BCUT2D eigenvalue weighted by atomic mass is 35.5. The van der Waals surface area contributed by atoms with Crippen molar-refractivity contribution in [3.8, 4) is 0 Å². The number of carbonyl (C=O) groups excluding carboxylic acids is 2. The van der Waals surface area contributed by atoms with Crippen molar-refractivity contribution in [1.29, 1.82) is 0 Å². The molecule has 0 aliphatic rings. The Bertz CT molecular complexity index is 1350. The summed E-state index contributed by atoms with van der Waals surface area (Å²) < 4.78 is 13.3. The maximum absolute atomic E-state index is 13.3. The third-order valence-electron chi connectivity index (χ3n) is 4.97. The van der Waals surface area contributed by atoms with Crippen molar-refractivity contribution < 1.29 is 14.0 Å². The van der Waals surface area contributed by atoms with Crippen LogP contribution in [0.25, 0.3) is 0 Å². The molecule has 4 aromatic rings.